The van der Waals surface area contributed by atoms with E-state index in [2.05, 4.69) is 19.1 Å². The van der Waals surface area contributed by atoms with Crippen molar-refractivity contribution in [3.05, 3.63) is 12.2 Å². The molecule has 0 radical (unpaired) electrons. The molecule has 0 spiro atoms. The fraction of sp³-hybridized carbons (Fsp3) is 0.926. The molecule has 0 amide bonds. The number of halogens is 1. The van der Waals surface area contributed by atoms with Crippen molar-refractivity contribution in [1.82, 2.24) is 0 Å². The van der Waals surface area contributed by atoms with Gasteiger partial charge in [-0.05, 0) is 125 Å². The number of hydrogen-bond donors (Lipinski definition) is 0. The lowest BCUT2D eigenvalue weighted by Crippen LogP contribution is -2.39. The summed E-state index contributed by atoms with van der Waals surface area (Å²) in [5.41, 5.74) is 0.631. The largest absolute Gasteiger partial charge is 0.381 e. The first-order valence-corrected chi connectivity index (χ1v) is 12.9. The zero-order valence-corrected chi connectivity index (χ0v) is 19.3. The first-order valence-electron chi connectivity index (χ1n) is 12.9. The molecule has 3 aliphatic rings. The summed E-state index contributed by atoms with van der Waals surface area (Å²) in [6.07, 6.45) is 26.4. The van der Waals surface area contributed by atoms with E-state index in [1.54, 1.807) is 0 Å². The summed E-state index contributed by atoms with van der Waals surface area (Å²) in [5, 5.41) is 0. The van der Waals surface area contributed by atoms with Crippen LogP contribution in [0.25, 0.3) is 0 Å². The Hall–Kier alpha value is -0.370. The van der Waals surface area contributed by atoms with E-state index in [0.717, 1.165) is 30.1 Å². The van der Waals surface area contributed by atoms with Crippen LogP contribution in [0, 0.1) is 29.1 Å². The van der Waals surface area contributed by atoms with Crippen LogP contribution in [0.5, 0.6) is 0 Å². The zero-order chi connectivity index (χ0) is 20.5. The molecule has 0 aromatic rings. The van der Waals surface area contributed by atoms with Crippen molar-refractivity contribution in [1.29, 1.82) is 0 Å². The third-order valence-corrected chi connectivity index (χ3v) is 9.30. The van der Waals surface area contributed by atoms with Crippen LogP contribution < -0.4 is 0 Å². The van der Waals surface area contributed by atoms with Gasteiger partial charge in [0.15, 0.2) is 0 Å². The second-order valence-electron chi connectivity index (χ2n) is 10.6. The molecule has 3 fully saturated rings. The van der Waals surface area contributed by atoms with Gasteiger partial charge in [-0.15, -0.1) is 0 Å². The van der Waals surface area contributed by atoms with Crippen LogP contribution in [-0.4, -0.2) is 19.9 Å². The maximum Gasteiger partial charge on any atom is 0.0897 e. The van der Waals surface area contributed by atoms with E-state index in [1.807, 2.05) is 7.11 Å². The number of rotatable bonds is 9. The molecule has 0 aromatic carbocycles. The fourth-order valence-corrected chi connectivity index (χ4v) is 7.15. The molecule has 0 unspecified atom stereocenters. The van der Waals surface area contributed by atoms with Gasteiger partial charge in [0.25, 0.3) is 0 Å². The maximum absolute atomic E-state index is 12.2. The number of ether oxygens (including phenoxy) is 1. The molecule has 0 heterocycles. The summed E-state index contributed by atoms with van der Waals surface area (Å²) in [6, 6.07) is 0. The lowest BCUT2D eigenvalue weighted by Gasteiger charge is -2.48. The van der Waals surface area contributed by atoms with Crippen molar-refractivity contribution in [2.75, 3.05) is 13.8 Å². The van der Waals surface area contributed by atoms with E-state index in [0.29, 0.717) is 17.9 Å². The van der Waals surface area contributed by atoms with Crippen LogP contribution in [0.15, 0.2) is 12.2 Å². The molecule has 0 atom stereocenters. The number of methoxy groups -OCH3 is 1. The molecule has 3 saturated carbocycles. The minimum atomic E-state index is -0.176. The predicted molar refractivity (Wildman–Crippen MR) is 122 cm³/mol. The van der Waals surface area contributed by atoms with Crippen LogP contribution >= 0.6 is 0 Å². The summed E-state index contributed by atoms with van der Waals surface area (Å²) in [5.74, 6) is 3.89. The Labute approximate surface area is 180 Å². The molecule has 2 heteroatoms. The molecular formula is C27H47FO. The molecule has 3 aliphatic carbocycles. The molecule has 168 valence electrons. The monoisotopic (exact) mass is 406 g/mol. The topological polar surface area (TPSA) is 9.23 Å². The molecule has 0 aromatic heterocycles. The van der Waals surface area contributed by atoms with Crippen molar-refractivity contribution in [3.8, 4) is 0 Å². The van der Waals surface area contributed by atoms with Crippen molar-refractivity contribution in [3.63, 3.8) is 0 Å². The van der Waals surface area contributed by atoms with Gasteiger partial charge in [0.1, 0.15) is 0 Å². The number of hydrogen-bond acceptors (Lipinski definition) is 1. The summed E-state index contributed by atoms with van der Waals surface area (Å²) >= 11 is 0. The number of alkyl halides is 1. The second kappa shape index (κ2) is 11.9. The first-order chi connectivity index (χ1) is 14.2. The maximum atomic E-state index is 12.2. The van der Waals surface area contributed by atoms with Crippen LogP contribution in [0.2, 0.25) is 0 Å². The van der Waals surface area contributed by atoms with E-state index >= 15 is 0 Å². The molecule has 0 N–H and O–H groups in total. The predicted octanol–water partition coefficient (Wildman–Crippen LogP) is 8.28. The molecule has 0 aliphatic heterocycles. The smallest absolute Gasteiger partial charge is 0.0897 e. The summed E-state index contributed by atoms with van der Waals surface area (Å²) < 4.78 is 17.8. The van der Waals surface area contributed by atoms with E-state index in [1.165, 1.54) is 89.9 Å². The van der Waals surface area contributed by atoms with Gasteiger partial charge in [-0.1, -0.05) is 25.5 Å². The Morgan fingerprint density at radius 3 is 2.03 bits per heavy atom. The van der Waals surface area contributed by atoms with Crippen molar-refractivity contribution in [2.45, 2.75) is 116 Å². The molecular weight excluding hydrogens is 359 g/mol. The van der Waals surface area contributed by atoms with Gasteiger partial charge < -0.3 is 4.74 Å². The van der Waals surface area contributed by atoms with Crippen molar-refractivity contribution < 1.29 is 9.13 Å². The summed E-state index contributed by atoms with van der Waals surface area (Å²) in [7, 11) is 1.90. The second-order valence-corrected chi connectivity index (χ2v) is 10.6. The fourth-order valence-electron chi connectivity index (χ4n) is 7.15. The summed E-state index contributed by atoms with van der Waals surface area (Å²) in [4.78, 5) is 0. The molecule has 3 rings (SSSR count). The lowest BCUT2D eigenvalue weighted by molar-refractivity contribution is -0.0193. The average molecular weight is 407 g/mol. The SMILES string of the molecule is CCC1(C2CCC(C3CCC(C/C=C/CCCF)CC3)CC2)CCC(OC)CC1. The van der Waals surface area contributed by atoms with E-state index in [4.69, 9.17) is 4.74 Å². The zero-order valence-electron chi connectivity index (χ0n) is 19.3. The van der Waals surface area contributed by atoms with Gasteiger partial charge in [-0.3, -0.25) is 4.39 Å². The van der Waals surface area contributed by atoms with E-state index in [9.17, 15) is 4.39 Å². The highest BCUT2D eigenvalue weighted by molar-refractivity contribution is 4.94. The first kappa shape index (κ1) is 23.3. The quantitative estimate of drug-likeness (QED) is 0.276. The van der Waals surface area contributed by atoms with Gasteiger partial charge in [0.05, 0.1) is 12.8 Å². The Bertz CT molecular complexity index is 463. The van der Waals surface area contributed by atoms with Gasteiger partial charge in [-0.2, -0.15) is 0 Å². The van der Waals surface area contributed by atoms with E-state index < -0.39 is 0 Å². The van der Waals surface area contributed by atoms with Gasteiger partial charge in [0, 0.05) is 7.11 Å². The molecule has 29 heavy (non-hydrogen) atoms. The lowest BCUT2D eigenvalue weighted by atomic mass is 9.58. The Morgan fingerprint density at radius 1 is 0.862 bits per heavy atom. The Morgan fingerprint density at radius 2 is 1.48 bits per heavy atom. The molecule has 1 nitrogen and oxygen atoms in total. The van der Waals surface area contributed by atoms with Gasteiger partial charge >= 0.3 is 0 Å². The molecule has 0 saturated heterocycles. The number of unbranched alkanes of at least 4 members (excludes halogenated alkanes) is 1. The standard InChI is InChI=1S/C27H47FO/c1-3-27(19-17-26(29-2)18-20-27)25-15-13-24(14-16-25)23-11-9-22(10-12-23)8-6-4-5-7-21-28/h4,6,22-26H,3,5,7-21H2,1-2H3/b6-4+. The van der Waals surface area contributed by atoms with Crippen LogP contribution in [0.4, 0.5) is 4.39 Å². The van der Waals surface area contributed by atoms with E-state index in [-0.39, 0.29) is 6.67 Å². The van der Waals surface area contributed by atoms with Crippen LogP contribution in [-0.2, 0) is 4.74 Å². The van der Waals surface area contributed by atoms with Crippen molar-refractivity contribution >= 4 is 0 Å². The van der Waals surface area contributed by atoms with Crippen LogP contribution in [0.1, 0.15) is 110 Å². The molecule has 0 bridgehead atoms. The average Bonchev–Trinajstić information content (AvgIpc) is 2.79. The van der Waals surface area contributed by atoms with Gasteiger partial charge in [-0.25, -0.2) is 0 Å². The third-order valence-electron chi connectivity index (χ3n) is 9.30. The summed E-state index contributed by atoms with van der Waals surface area (Å²) in [6.45, 7) is 2.28. The minimum Gasteiger partial charge on any atom is -0.381 e. The highest BCUT2D eigenvalue weighted by atomic mass is 19.1. The Kier molecular flexibility index (Phi) is 9.54. The Balaban J connectivity index is 1.38. The van der Waals surface area contributed by atoms with Crippen molar-refractivity contribution in [2.24, 2.45) is 29.1 Å². The minimum absolute atomic E-state index is 0.176. The highest BCUT2D eigenvalue weighted by Crippen LogP contribution is 2.53. The normalized spacial score (nSPS) is 39.1. The number of allylic oxidation sites excluding steroid dienone is 2. The highest BCUT2D eigenvalue weighted by Gasteiger charge is 2.42. The third kappa shape index (κ3) is 6.31. The van der Waals surface area contributed by atoms with Gasteiger partial charge in [0.2, 0.25) is 0 Å². The van der Waals surface area contributed by atoms with Crippen LogP contribution in [0.3, 0.4) is 0 Å².